The first-order valence-electron chi connectivity index (χ1n) is 9.38. The highest BCUT2D eigenvalue weighted by atomic mass is 16.6. The summed E-state index contributed by atoms with van der Waals surface area (Å²) >= 11 is 0. The lowest BCUT2D eigenvalue weighted by molar-refractivity contribution is -0.138. The van der Waals surface area contributed by atoms with Crippen molar-refractivity contribution in [2.75, 3.05) is 13.7 Å². The van der Waals surface area contributed by atoms with Crippen LogP contribution in [0.5, 0.6) is 11.5 Å². The van der Waals surface area contributed by atoms with E-state index in [0.29, 0.717) is 22.6 Å². The highest BCUT2D eigenvalue weighted by Gasteiger charge is 2.30. The molecule has 4 rings (SSSR count). The Bertz CT molecular complexity index is 1160. The molecule has 0 spiro atoms. The summed E-state index contributed by atoms with van der Waals surface area (Å²) in [7, 11) is 1.42. The monoisotopic (exact) mass is 391 g/mol. The number of ether oxygens (including phenoxy) is 3. The van der Waals surface area contributed by atoms with Gasteiger partial charge in [-0.25, -0.2) is 4.79 Å². The average molecular weight is 391 g/mol. The minimum absolute atomic E-state index is 0.150. The van der Waals surface area contributed by atoms with Gasteiger partial charge in [0.05, 0.1) is 5.56 Å². The number of esters is 1. The minimum atomic E-state index is -0.511. The summed E-state index contributed by atoms with van der Waals surface area (Å²) in [6, 6.07) is 11.3. The number of nitrogens with zero attached hydrogens (tertiary/aromatic N) is 1. The Morgan fingerprint density at radius 2 is 2.00 bits per heavy atom. The van der Waals surface area contributed by atoms with E-state index in [2.05, 4.69) is 17.6 Å². The highest BCUT2D eigenvalue weighted by Crippen LogP contribution is 2.39. The Balaban J connectivity index is 1.70. The standard InChI is InChI=1S/C23H21NO5/c1-4-24-12-15(16-7-5-6-8-18(16)24)11-20-22(26)17-9-10-19(14(2)23(17)29-20)28-21(25)13-27-3/h5-12H,4,13H2,1-3H3/b20-11-. The van der Waals surface area contributed by atoms with Gasteiger partial charge in [0.15, 0.2) is 5.76 Å². The van der Waals surface area contributed by atoms with Crippen molar-refractivity contribution in [1.82, 2.24) is 4.57 Å². The van der Waals surface area contributed by atoms with Gasteiger partial charge in [0.25, 0.3) is 0 Å². The predicted octanol–water partition coefficient (Wildman–Crippen LogP) is 4.14. The van der Waals surface area contributed by atoms with Crippen molar-refractivity contribution in [3.05, 3.63) is 65.0 Å². The lowest BCUT2D eigenvalue weighted by Crippen LogP contribution is -2.14. The number of carbonyl (C=O) groups is 2. The van der Waals surface area contributed by atoms with Crippen LogP contribution in [0, 0.1) is 6.92 Å². The Hall–Kier alpha value is -3.38. The van der Waals surface area contributed by atoms with E-state index in [-0.39, 0.29) is 18.1 Å². The molecule has 0 N–H and O–H groups in total. The lowest BCUT2D eigenvalue weighted by Gasteiger charge is -2.09. The van der Waals surface area contributed by atoms with E-state index in [1.165, 1.54) is 7.11 Å². The maximum Gasteiger partial charge on any atom is 0.337 e. The van der Waals surface area contributed by atoms with Crippen molar-refractivity contribution >= 4 is 28.7 Å². The van der Waals surface area contributed by atoms with Gasteiger partial charge in [-0.3, -0.25) is 4.79 Å². The van der Waals surface area contributed by atoms with Crippen molar-refractivity contribution in [2.45, 2.75) is 20.4 Å². The molecule has 6 heteroatoms. The summed E-state index contributed by atoms with van der Waals surface area (Å²) in [4.78, 5) is 24.6. The lowest BCUT2D eigenvalue weighted by atomic mass is 10.1. The minimum Gasteiger partial charge on any atom is -0.452 e. The van der Waals surface area contributed by atoms with Crippen molar-refractivity contribution in [3.63, 3.8) is 0 Å². The normalized spacial score (nSPS) is 14.3. The van der Waals surface area contributed by atoms with Crippen molar-refractivity contribution in [3.8, 4) is 11.5 Å². The fourth-order valence-electron chi connectivity index (χ4n) is 3.54. The molecule has 0 unspecified atom stereocenters. The largest absolute Gasteiger partial charge is 0.452 e. The zero-order valence-electron chi connectivity index (χ0n) is 16.5. The molecule has 0 saturated carbocycles. The number of Topliss-reactive ketones (excluding diaryl/α,β-unsaturated/α-hetero) is 1. The molecular weight excluding hydrogens is 370 g/mol. The second-order valence-corrected chi connectivity index (χ2v) is 6.80. The van der Waals surface area contributed by atoms with Crippen LogP contribution in [-0.2, 0) is 16.1 Å². The molecular formula is C23H21NO5. The first kappa shape index (κ1) is 19.0. The van der Waals surface area contributed by atoms with Crippen LogP contribution in [0.1, 0.15) is 28.4 Å². The zero-order valence-corrected chi connectivity index (χ0v) is 16.5. The summed E-state index contributed by atoms with van der Waals surface area (Å²) in [5.41, 5.74) is 3.08. The van der Waals surface area contributed by atoms with Crippen LogP contribution < -0.4 is 9.47 Å². The Morgan fingerprint density at radius 1 is 1.21 bits per heavy atom. The Morgan fingerprint density at radius 3 is 2.76 bits per heavy atom. The van der Waals surface area contributed by atoms with Crippen LogP contribution in [0.2, 0.25) is 0 Å². The van der Waals surface area contributed by atoms with Gasteiger partial charge in [-0.15, -0.1) is 0 Å². The molecule has 148 valence electrons. The molecule has 29 heavy (non-hydrogen) atoms. The van der Waals surface area contributed by atoms with Gasteiger partial charge in [-0.1, -0.05) is 18.2 Å². The second-order valence-electron chi connectivity index (χ2n) is 6.80. The molecule has 1 aromatic heterocycles. The predicted molar refractivity (Wildman–Crippen MR) is 109 cm³/mol. The molecule has 2 heterocycles. The number of fused-ring (bicyclic) bond motifs is 2. The van der Waals surface area contributed by atoms with Crippen molar-refractivity contribution in [2.24, 2.45) is 0 Å². The number of aryl methyl sites for hydroxylation is 1. The van der Waals surface area contributed by atoms with E-state index in [1.54, 1.807) is 25.1 Å². The third kappa shape index (κ3) is 3.32. The molecule has 0 amide bonds. The van der Waals surface area contributed by atoms with E-state index in [0.717, 1.165) is 23.0 Å². The van der Waals surface area contributed by atoms with E-state index in [1.807, 2.05) is 24.4 Å². The van der Waals surface area contributed by atoms with E-state index in [9.17, 15) is 9.59 Å². The van der Waals surface area contributed by atoms with Gasteiger partial charge >= 0.3 is 5.97 Å². The molecule has 3 aromatic rings. The van der Waals surface area contributed by atoms with Crippen LogP contribution in [0.15, 0.2) is 48.4 Å². The SMILES string of the molecule is CCn1cc(/C=C2\Oc3c(ccc(OC(=O)COC)c3C)C2=O)c2ccccc21. The number of benzene rings is 2. The van der Waals surface area contributed by atoms with Gasteiger partial charge in [0, 0.05) is 41.9 Å². The third-order valence-corrected chi connectivity index (χ3v) is 4.97. The van der Waals surface area contributed by atoms with E-state index >= 15 is 0 Å². The number of aromatic nitrogens is 1. The van der Waals surface area contributed by atoms with Gasteiger partial charge in [0.1, 0.15) is 18.1 Å². The molecule has 1 aliphatic heterocycles. The molecule has 1 aliphatic rings. The topological polar surface area (TPSA) is 66.8 Å². The summed E-state index contributed by atoms with van der Waals surface area (Å²) < 4.78 is 18.1. The molecule has 0 saturated heterocycles. The average Bonchev–Trinajstić information content (AvgIpc) is 3.23. The molecule has 0 atom stereocenters. The Labute approximate surface area is 168 Å². The number of hydrogen-bond donors (Lipinski definition) is 0. The van der Waals surface area contributed by atoms with Crippen LogP contribution in [-0.4, -0.2) is 30.0 Å². The quantitative estimate of drug-likeness (QED) is 0.372. The fraction of sp³-hybridized carbons (Fsp3) is 0.217. The fourth-order valence-corrected chi connectivity index (χ4v) is 3.54. The van der Waals surface area contributed by atoms with Gasteiger partial charge in [-0.2, -0.15) is 0 Å². The van der Waals surface area contributed by atoms with Crippen molar-refractivity contribution < 1.29 is 23.8 Å². The van der Waals surface area contributed by atoms with Crippen LogP contribution in [0.25, 0.3) is 17.0 Å². The molecule has 0 bridgehead atoms. The summed E-state index contributed by atoms with van der Waals surface area (Å²) in [6.45, 7) is 4.51. The number of rotatable bonds is 5. The van der Waals surface area contributed by atoms with Crippen molar-refractivity contribution in [1.29, 1.82) is 0 Å². The Kier molecular flexibility index (Phi) is 4.94. The molecule has 2 aromatic carbocycles. The maximum absolute atomic E-state index is 12.9. The summed E-state index contributed by atoms with van der Waals surface area (Å²) in [6.07, 6.45) is 3.79. The van der Waals surface area contributed by atoms with Crippen LogP contribution in [0.4, 0.5) is 0 Å². The number of methoxy groups -OCH3 is 1. The first-order chi connectivity index (χ1) is 14.0. The smallest absolute Gasteiger partial charge is 0.337 e. The number of para-hydroxylation sites is 1. The third-order valence-electron chi connectivity index (χ3n) is 4.97. The van der Waals surface area contributed by atoms with Gasteiger partial charge in [-0.05, 0) is 38.1 Å². The van der Waals surface area contributed by atoms with Gasteiger partial charge in [0.2, 0.25) is 5.78 Å². The maximum atomic E-state index is 12.9. The van der Waals surface area contributed by atoms with Gasteiger partial charge < -0.3 is 18.8 Å². The zero-order chi connectivity index (χ0) is 20.5. The number of ketones is 1. The van der Waals surface area contributed by atoms with E-state index < -0.39 is 5.97 Å². The van der Waals surface area contributed by atoms with E-state index in [4.69, 9.17) is 14.2 Å². The first-order valence-corrected chi connectivity index (χ1v) is 9.38. The second kappa shape index (κ2) is 7.56. The molecule has 0 aliphatic carbocycles. The van der Waals surface area contributed by atoms with Crippen LogP contribution >= 0.6 is 0 Å². The molecule has 6 nitrogen and oxygen atoms in total. The van der Waals surface area contributed by atoms with Crippen LogP contribution in [0.3, 0.4) is 0 Å². The number of carbonyl (C=O) groups excluding carboxylic acids is 2. The summed E-state index contributed by atoms with van der Waals surface area (Å²) in [5, 5.41) is 1.06. The number of allylic oxidation sites excluding steroid dienone is 1. The molecule has 0 fully saturated rings. The molecule has 0 radical (unpaired) electrons. The highest BCUT2D eigenvalue weighted by molar-refractivity contribution is 6.15. The summed E-state index contributed by atoms with van der Waals surface area (Å²) in [5.74, 6) is 0.322. The number of hydrogen-bond acceptors (Lipinski definition) is 5.